The molecular weight excluding hydrogens is 344 g/mol. The zero-order valence-electron chi connectivity index (χ0n) is 16.4. The summed E-state index contributed by atoms with van der Waals surface area (Å²) in [6, 6.07) is 1.81. The van der Waals surface area contributed by atoms with Gasteiger partial charge in [-0.2, -0.15) is 5.10 Å². The molecule has 3 atom stereocenters. The van der Waals surface area contributed by atoms with E-state index in [0.29, 0.717) is 23.5 Å². The van der Waals surface area contributed by atoms with Gasteiger partial charge in [-0.05, 0) is 38.0 Å². The average Bonchev–Trinajstić information content (AvgIpc) is 3.16. The van der Waals surface area contributed by atoms with E-state index in [9.17, 15) is 4.79 Å². The van der Waals surface area contributed by atoms with Gasteiger partial charge in [0, 0.05) is 50.8 Å². The minimum Gasteiger partial charge on any atom is -0.385 e. The maximum absolute atomic E-state index is 12.5. The first-order valence-electron chi connectivity index (χ1n) is 9.35. The van der Waals surface area contributed by atoms with Crippen molar-refractivity contribution in [2.75, 3.05) is 19.0 Å². The third-order valence-electron chi connectivity index (χ3n) is 5.22. The van der Waals surface area contributed by atoms with Crippen molar-refractivity contribution in [1.82, 2.24) is 25.1 Å². The van der Waals surface area contributed by atoms with Crippen LogP contribution in [0.3, 0.4) is 0 Å². The predicted molar refractivity (Wildman–Crippen MR) is 103 cm³/mol. The molecule has 0 spiro atoms. The summed E-state index contributed by atoms with van der Waals surface area (Å²) in [6.45, 7) is 4.80. The molecule has 1 aliphatic rings. The third kappa shape index (κ3) is 4.82. The number of hydrogen-bond donors (Lipinski definition) is 2. The second kappa shape index (κ2) is 8.47. The number of methoxy groups -OCH3 is 1. The van der Waals surface area contributed by atoms with E-state index >= 15 is 0 Å². The summed E-state index contributed by atoms with van der Waals surface area (Å²) in [5, 5.41) is 10.4. The van der Waals surface area contributed by atoms with E-state index < -0.39 is 0 Å². The van der Waals surface area contributed by atoms with Crippen molar-refractivity contribution in [2.24, 2.45) is 18.9 Å². The molecule has 3 rings (SSSR count). The zero-order chi connectivity index (χ0) is 19.4. The van der Waals surface area contributed by atoms with E-state index in [2.05, 4.69) is 32.6 Å². The number of urea groups is 1. The van der Waals surface area contributed by atoms with Gasteiger partial charge in [0.1, 0.15) is 11.6 Å². The highest BCUT2D eigenvalue weighted by molar-refractivity contribution is 5.89. The maximum Gasteiger partial charge on any atom is 0.320 e. The van der Waals surface area contributed by atoms with Gasteiger partial charge in [-0.15, -0.1) is 0 Å². The third-order valence-corrected chi connectivity index (χ3v) is 5.22. The molecule has 2 amide bonds. The lowest BCUT2D eigenvalue weighted by Gasteiger charge is -2.17. The van der Waals surface area contributed by atoms with Gasteiger partial charge in [0.15, 0.2) is 0 Å². The molecule has 27 heavy (non-hydrogen) atoms. The van der Waals surface area contributed by atoms with Gasteiger partial charge in [0.2, 0.25) is 0 Å². The second-order valence-corrected chi connectivity index (χ2v) is 7.36. The Labute approximate surface area is 159 Å². The van der Waals surface area contributed by atoms with E-state index in [-0.39, 0.29) is 12.1 Å². The highest BCUT2D eigenvalue weighted by Crippen LogP contribution is 2.33. The fourth-order valence-electron chi connectivity index (χ4n) is 3.67. The number of nitrogens with zero attached hydrogens (tertiary/aromatic N) is 4. The molecule has 2 aromatic heterocycles. The van der Waals surface area contributed by atoms with Crippen LogP contribution in [-0.4, -0.2) is 45.5 Å². The lowest BCUT2D eigenvalue weighted by Crippen LogP contribution is -2.39. The highest BCUT2D eigenvalue weighted by Gasteiger charge is 2.32. The molecule has 2 N–H and O–H groups in total. The molecule has 1 aliphatic carbocycles. The number of ether oxygens (including phenoxy) is 1. The van der Waals surface area contributed by atoms with Crippen molar-refractivity contribution in [2.45, 2.75) is 39.2 Å². The summed E-state index contributed by atoms with van der Waals surface area (Å²) < 4.78 is 6.82. The Kier molecular flexibility index (Phi) is 6.05. The van der Waals surface area contributed by atoms with Crippen LogP contribution in [0.5, 0.6) is 0 Å². The Hall–Kier alpha value is -2.48. The summed E-state index contributed by atoms with van der Waals surface area (Å²) >= 11 is 0. The first-order chi connectivity index (χ1) is 13.0. The van der Waals surface area contributed by atoms with E-state index in [4.69, 9.17) is 4.74 Å². The first kappa shape index (κ1) is 19.3. The Bertz CT molecular complexity index is 773. The predicted octanol–water partition coefficient (Wildman–Crippen LogP) is 2.76. The molecular formula is C19H28N6O2. The first-order valence-corrected chi connectivity index (χ1v) is 9.35. The van der Waals surface area contributed by atoms with Crippen molar-refractivity contribution in [3.8, 4) is 11.3 Å². The monoisotopic (exact) mass is 372 g/mol. The number of hydrogen-bond acceptors (Lipinski definition) is 5. The summed E-state index contributed by atoms with van der Waals surface area (Å²) in [6.07, 6.45) is 6.63. The molecule has 0 bridgehead atoms. The van der Waals surface area contributed by atoms with Crippen LogP contribution in [0.15, 0.2) is 18.5 Å². The van der Waals surface area contributed by atoms with Gasteiger partial charge in [0.25, 0.3) is 0 Å². The SMILES string of the molecule is COCC[C@H]1C[C@@H](C)[C@H](NC(=O)Nc2cc(-c3cnc(C)nc3)nn2C)C1. The van der Waals surface area contributed by atoms with Crippen LogP contribution in [0.2, 0.25) is 0 Å². The second-order valence-electron chi connectivity index (χ2n) is 7.36. The van der Waals surface area contributed by atoms with Crippen molar-refractivity contribution in [1.29, 1.82) is 0 Å². The Morgan fingerprint density at radius 1 is 1.33 bits per heavy atom. The largest absolute Gasteiger partial charge is 0.385 e. The number of carbonyl (C=O) groups is 1. The highest BCUT2D eigenvalue weighted by atomic mass is 16.5. The minimum absolute atomic E-state index is 0.185. The van der Waals surface area contributed by atoms with E-state index in [0.717, 1.165) is 37.1 Å². The van der Waals surface area contributed by atoms with Gasteiger partial charge < -0.3 is 10.1 Å². The van der Waals surface area contributed by atoms with Gasteiger partial charge in [-0.25, -0.2) is 14.8 Å². The molecule has 8 nitrogen and oxygen atoms in total. The van der Waals surface area contributed by atoms with Crippen LogP contribution >= 0.6 is 0 Å². The van der Waals surface area contributed by atoms with Crippen LogP contribution in [0.4, 0.5) is 10.6 Å². The zero-order valence-corrected chi connectivity index (χ0v) is 16.4. The fourth-order valence-corrected chi connectivity index (χ4v) is 3.67. The number of nitrogens with one attached hydrogen (secondary N) is 2. The quantitative estimate of drug-likeness (QED) is 0.813. The van der Waals surface area contributed by atoms with Crippen molar-refractivity contribution in [3.63, 3.8) is 0 Å². The normalized spacial score (nSPS) is 22.0. The van der Waals surface area contributed by atoms with E-state index in [1.54, 1.807) is 31.2 Å². The Balaban J connectivity index is 1.59. The van der Waals surface area contributed by atoms with Crippen LogP contribution in [0, 0.1) is 18.8 Å². The van der Waals surface area contributed by atoms with E-state index in [1.165, 1.54) is 0 Å². The summed E-state index contributed by atoms with van der Waals surface area (Å²) in [4.78, 5) is 20.8. The smallest absolute Gasteiger partial charge is 0.320 e. The van der Waals surface area contributed by atoms with Gasteiger partial charge in [-0.3, -0.25) is 10.00 Å². The molecule has 2 heterocycles. The molecule has 2 aromatic rings. The summed E-state index contributed by atoms with van der Waals surface area (Å²) in [5.41, 5.74) is 1.54. The summed E-state index contributed by atoms with van der Waals surface area (Å²) in [7, 11) is 3.53. The van der Waals surface area contributed by atoms with Crippen LogP contribution in [-0.2, 0) is 11.8 Å². The number of aromatic nitrogens is 4. The number of amides is 2. The molecule has 0 saturated heterocycles. The number of aryl methyl sites for hydroxylation is 2. The fraction of sp³-hybridized carbons (Fsp3) is 0.579. The van der Waals surface area contributed by atoms with Crippen molar-refractivity contribution >= 4 is 11.8 Å². The topological polar surface area (TPSA) is 94.0 Å². The number of carbonyl (C=O) groups excluding carboxylic acids is 1. The van der Waals surface area contributed by atoms with Crippen molar-refractivity contribution in [3.05, 3.63) is 24.3 Å². The van der Waals surface area contributed by atoms with Crippen LogP contribution < -0.4 is 10.6 Å². The molecule has 0 aliphatic heterocycles. The van der Waals surface area contributed by atoms with Gasteiger partial charge in [-0.1, -0.05) is 6.92 Å². The molecule has 0 aromatic carbocycles. The lowest BCUT2D eigenvalue weighted by molar-refractivity contribution is 0.177. The summed E-state index contributed by atoms with van der Waals surface area (Å²) in [5.74, 6) is 2.41. The van der Waals surface area contributed by atoms with Crippen LogP contribution in [0.25, 0.3) is 11.3 Å². The molecule has 146 valence electrons. The standard InChI is InChI=1S/C19H28N6O2/c1-12-7-14(5-6-27-4)8-16(12)22-19(26)23-18-9-17(24-25(18)3)15-10-20-13(2)21-11-15/h9-12,14,16H,5-8H2,1-4H3,(H2,22,23,26)/t12-,14+,16-/m1/s1. The Morgan fingerprint density at radius 2 is 2.07 bits per heavy atom. The maximum atomic E-state index is 12.5. The molecule has 1 fully saturated rings. The molecule has 8 heteroatoms. The van der Waals surface area contributed by atoms with Crippen LogP contribution in [0.1, 0.15) is 32.0 Å². The molecule has 0 unspecified atom stereocenters. The van der Waals surface area contributed by atoms with Gasteiger partial charge in [0.05, 0.1) is 5.69 Å². The van der Waals surface area contributed by atoms with Gasteiger partial charge >= 0.3 is 6.03 Å². The van der Waals surface area contributed by atoms with Crippen molar-refractivity contribution < 1.29 is 9.53 Å². The van der Waals surface area contributed by atoms with E-state index in [1.807, 2.05) is 13.0 Å². The lowest BCUT2D eigenvalue weighted by atomic mass is 10.0. The molecule has 1 saturated carbocycles. The average molecular weight is 372 g/mol. The minimum atomic E-state index is -0.200. The number of anilines is 1. The molecule has 0 radical (unpaired) electrons. The number of rotatable bonds is 6. The Morgan fingerprint density at radius 3 is 2.78 bits per heavy atom.